The number of aliphatic hydroxyl groups excluding tert-OH is 8. The van der Waals surface area contributed by atoms with Gasteiger partial charge in [0, 0.05) is 36.7 Å². The van der Waals surface area contributed by atoms with E-state index in [1.54, 1.807) is 0 Å². The van der Waals surface area contributed by atoms with Crippen molar-refractivity contribution in [3.8, 4) is 0 Å². The van der Waals surface area contributed by atoms with Gasteiger partial charge in [-0.3, -0.25) is 0 Å². The van der Waals surface area contributed by atoms with Crippen LogP contribution in [0, 0.1) is 29.6 Å². The summed E-state index contributed by atoms with van der Waals surface area (Å²) in [5.74, 6) is -4.04. The summed E-state index contributed by atoms with van der Waals surface area (Å²) in [6.07, 6.45) is -17.2. The predicted octanol–water partition coefficient (Wildman–Crippen LogP) is -4.02. The quantitative estimate of drug-likeness (QED) is 0.0364. The Hall–Kier alpha value is -0.630. The van der Waals surface area contributed by atoms with Gasteiger partial charge in [0.2, 0.25) is 0 Å². The lowest BCUT2D eigenvalue weighted by molar-refractivity contribution is -0.239. The van der Waals surface area contributed by atoms with E-state index < -0.39 is 127 Å². The molecule has 5 aliphatic rings. The molecule has 5 fully saturated rings. The molecule has 0 aliphatic carbocycles. The van der Waals surface area contributed by atoms with E-state index in [0.717, 1.165) is 0 Å². The third kappa shape index (κ3) is 13.1. The van der Waals surface area contributed by atoms with Crippen LogP contribution in [-0.4, -0.2) is 243 Å². The number of aliphatic carboxylic acids is 1. The molecule has 5 aliphatic heterocycles. The Morgan fingerprint density at radius 2 is 0.968 bits per heavy atom. The summed E-state index contributed by atoms with van der Waals surface area (Å²) >= 11 is 7.93. The SMILES string of the molecule is CC[C@H]1CO[C@@H](COC[C@@H]2C(O)[C@H](COC[C@@H]3C(O)[C@H](COC[C@@H]4C(COC[C@@H]5OC(C(=O)O)[C@H](O)[C@H](O)C5O)[C@H](COC)OC[C@@H]4O)OC[C@@H]3OS)OC[C@@H]2OS)C(O)[C@H]1O. The van der Waals surface area contributed by atoms with E-state index in [0.29, 0.717) is 13.0 Å². The lowest BCUT2D eigenvalue weighted by Crippen LogP contribution is -2.60. The molecule has 6 unspecified atom stereocenters. The zero-order chi connectivity index (χ0) is 45.1. The number of hydrogen-bond donors (Lipinski definition) is 11. The summed E-state index contributed by atoms with van der Waals surface area (Å²) in [7, 11) is 1.48. The maximum Gasteiger partial charge on any atom is 0.335 e. The average molecular weight is 939 g/mol. The van der Waals surface area contributed by atoms with E-state index >= 15 is 0 Å². The lowest BCUT2D eigenvalue weighted by atomic mass is 9.82. The fourth-order valence-corrected chi connectivity index (χ4v) is 9.08. The minimum atomic E-state index is -1.84. The molecule has 5 heterocycles. The van der Waals surface area contributed by atoms with Crippen molar-refractivity contribution in [3.63, 3.8) is 0 Å². The van der Waals surface area contributed by atoms with E-state index in [-0.39, 0.29) is 85.2 Å². The molecule has 0 spiro atoms. The van der Waals surface area contributed by atoms with Crippen LogP contribution in [0.4, 0.5) is 0 Å². The average Bonchev–Trinajstić information content (AvgIpc) is 3.25. The number of methoxy groups -OCH3 is 1. The number of rotatable bonds is 22. The van der Waals surface area contributed by atoms with Crippen molar-refractivity contribution in [3.05, 3.63) is 0 Å². The van der Waals surface area contributed by atoms with Crippen molar-refractivity contribution in [2.75, 3.05) is 93.0 Å². The van der Waals surface area contributed by atoms with Crippen LogP contribution in [0.2, 0.25) is 0 Å². The molecule has 5 saturated heterocycles. The molecule has 9 N–H and O–H groups in total. The van der Waals surface area contributed by atoms with Crippen LogP contribution in [0.25, 0.3) is 0 Å². The summed E-state index contributed by atoms with van der Waals surface area (Å²) in [4.78, 5) is 11.5. The van der Waals surface area contributed by atoms with E-state index in [9.17, 15) is 50.8 Å². The monoisotopic (exact) mass is 938 g/mol. The number of aliphatic hydroxyl groups is 8. The van der Waals surface area contributed by atoms with Gasteiger partial charge in [0.15, 0.2) is 6.10 Å². The second-order valence-electron chi connectivity index (χ2n) is 16.6. The highest BCUT2D eigenvalue weighted by Gasteiger charge is 2.48. The number of carboxylic acids is 1. The van der Waals surface area contributed by atoms with E-state index in [4.69, 9.17) is 55.7 Å². The summed E-state index contributed by atoms with van der Waals surface area (Å²) < 4.78 is 68.1. The molecule has 24 heteroatoms. The minimum Gasteiger partial charge on any atom is -0.479 e. The molecule has 0 aromatic heterocycles. The highest BCUT2D eigenvalue weighted by molar-refractivity contribution is 7.75. The number of ether oxygens (including phenoxy) is 10. The lowest BCUT2D eigenvalue weighted by Gasteiger charge is -2.42. The molecule has 5 rings (SSSR count). The highest BCUT2D eigenvalue weighted by Crippen LogP contribution is 2.32. The molecule has 0 aromatic carbocycles. The molecule has 22 nitrogen and oxygen atoms in total. The van der Waals surface area contributed by atoms with Gasteiger partial charge < -0.3 is 102 Å². The number of carbonyl (C=O) groups is 1. The Morgan fingerprint density at radius 1 is 0.516 bits per heavy atom. The van der Waals surface area contributed by atoms with Gasteiger partial charge in [0.1, 0.15) is 61.0 Å². The van der Waals surface area contributed by atoms with Crippen molar-refractivity contribution in [2.24, 2.45) is 29.6 Å². The maximum absolute atomic E-state index is 11.5. The van der Waals surface area contributed by atoms with Crippen molar-refractivity contribution >= 4 is 31.8 Å². The molecule has 0 saturated carbocycles. The molecule has 0 radical (unpaired) electrons. The number of hydrogen-bond acceptors (Lipinski definition) is 23. The fraction of sp³-hybridized carbons (Fsp3) is 0.974. The van der Waals surface area contributed by atoms with Crippen molar-refractivity contribution in [1.29, 1.82) is 0 Å². The molecule has 0 aromatic rings. The van der Waals surface area contributed by atoms with Gasteiger partial charge >= 0.3 is 5.97 Å². The fourth-order valence-electron chi connectivity index (χ4n) is 8.65. The minimum absolute atomic E-state index is 0.0130. The zero-order valence-corrected chi connectivity index (χ0v) is 36.5. The smallest absolute Gasteiger partial charge is 0.335 e. The Labute approximate surface area is 371 Å². The predicted molar refractivity (Wildman–Crippen MR) is 214 cm³/mol. The third-order valence-electron chi connectivity index (χ3n) is 12.7. The molecule has 62 heavy (non-hydrogen) atoms. The van der Waals surface area contributed by atoms with Crippen molar-refractivity contribution in [1.82, 2.24) is 0 Å². The zero-order valence-electron chi connectivity index (χ0n) is 34.8. The van der Waals surface area contributed by atoms with Gasteiger partial charge in [-0.2, -0.15) is 0 Å². The normalized spacial score (nSPS) is 44.3. The van der Waals surface area contributed by atoms with Gasteiger partial charge in [0.25, 0.3) is 0 Å². The summed E-state index contributed by atoms with van der Waals surface area (Å²) in [6.45, 7) is 1.75. The molecule has 362 valence electrons. The molecule has 21 atom stereocenters. The van der Waals surface area contributed by atoms with Gasteiger partial charge in [-0.15, -0.1) is 0 Å². The summed E-state index contributed by atoms with van der Waals surface area (Å²) in [6, 6.07) is 0. The van der Waals surface area contributed by atoms with Crippen LogP contribution in [0.3, 0.4) is 0 Å². The highest BCUT2D eigenvalue weighted by atomic mass is 32.1. The van der Waals surface area contributed by atoms with Crippen molar-refractivity contribution < 1.29 is 106 Å². The van der Waals surface area contributed by atoms with Gasteiger partial charge in [-0.25, -0.2) is 4.79 Å². The van der Waals surface area contributed by atoms with Gasteiger partial charge in [0.05, 0.1) is 116 Å². The van der Waals surface area contributed by atoms with E-state index in [1.165, 1.54) is 7.11 Å². The second kappa shape index (κ2) is 25.5. The Balaban J connectivity index is 1.10. The van der Waals surface area contributed by atoms with Gasteiger partial charge in [-0.1, -0.05) is 6.92 Å². The van der Waals surface area contributed by atoms with Gasteiger partial charge in [-0.05, 0) is 32.2 Å². The maximum atomic E-state index is 11.5. The van der Waals surface area contributed by atoms with E-state index in [1.807, 2.05) is 6.92 Å². The molecular weight excluding hydrogens is 873 g/mol. The first-order chi connectivity index (χ1) is 29.8. The Morgan fingerprint density at radius 3 is 1.47 bits per heavy atom. The largest absolute Gasteiger partial charge is 0.479 e. The van der Waals surface area contributed by atoms with Crippen LogP contribution in [0.5, 0.6) is 0 Å². The Bertz CT molecular complexity index is 1310. The first kappa shape index (κ1) is 52.3. The summed E-state index contributed by atoms with van der Waals surface area (Å²) in [5, 5.41) is 94.6. The van der Waals surface area contributed by atoms with Crippen LogP contribution < -0.4 is 0 Å². The van der Waals surface area contributed by atoms with Crippen LogP contribution in [0.1, 0.15) is 13.3 Å². The second-order valence-corrected chi connectivity index (χ2v) is 17.1. The Kier molecular flexibility index (Phi) is 21.5. The summed E-state index contributed by atoms with van der Waals surface area (Å²) in [5.41, 5.74) is 0. The number of carboxylic acid groups (broad SMARTS) is 1. The van der Waals surface area contributed by atoms with E-state index in [2.05, 4.69) is 25.8 Å². The van der Waals surface area contributed by atoms with Crippen LogP contribution in [0.15, 0.2) is 0 Å². The van der Waals surface area contributed by atoms with Crippen LogP contribution >= 0.6 is 25.8 Å². The molecule has 0 bridgehead atoms. The van der Waals surface area contributed by atoms with Crippen LogP contribution in [-0.2, 0) is 60.5 Å². The topological polar surface area (TPSA) is 310 Å². The molecule has 0 amide bonds. The number of thiol groups is 2. The molecular formula is C38H66O22S2. The third-order valence-corrected chi connectivity index (χ3v) is 13.3. The van der Waals surface area contributed by atoms with Crippen molar-refractivity contribution in [2.45, 2.75) is 111 Å². The standard InChI is InChI=1S/C38H66O22S2/c1-3-17-4-54-28(33(43)30(17)40)13-53-8-21-25(60-62)16-57-27(32(21)42)12-52-7-20-24(59-61)15-56-26(31(20)41)11-50-5-18-19(23(10-49-2)55-9-22(18)39)6-51-14-29-34(44)35(45)36(46)37(58-29)38(47)48/h17-37,39-46,61-62H,3-16H2,1-2H3,(H,47,48)/t17-,18+,19?,20-,21-,22-,23-,24-,25-,26-,27-,28-,29-,30-,31?,32?,33?,34?,35+,36+,37?/m0/s1. The first-order valence-electron chi connectivity index (χ1n) is 20.9. The first-order valence-corrected chi connectivity index (χ1v) is 21.7.